The molecule has 4 fully saturated rings. The third-order valence-electron chi connectivity index (χ3n) is 13.4. The van der Waals surface area contributed by atoms with E-state index in [1.54, 1.807) is 30.0 Å². The monoisotopic (exact) mass is 865 g/mol. The number of likely N-dealkylation sites (tertiary alicyclic amines) is 1. The van der Waals surface area contributed by atoms with E-state index < -0.39 is 17.6 Å². The van der Waals surface area contributed by atoms with Crippen LogP contribution in [-0.4, -0.2) is 120 Å². The van der Waals surface area contributed by atoms with Gasteiger partial charge in [-0.05, 0) is 95.2 Å². The Labute approximate surface area is 365 Å². The van der Waals surface area contributed by atoms with Gasteiger partial charge in [-0.25, -0.2) is 14.3 Å². The summed E-state index contributed by atoms with van der Waals surface area (Å²) in [5.74, 6) is 0.277. The molecular weight excluding hydrogens is 807 g/mol. The quantitative estimate of drug-likeness (QED) is 0.115. The van der Waals surface area contributed by atoms with Gasteiger partial charge in [0.25, 0.3) is 5.91 Å². The SMILES string of the molecule is Cn1c(=O)n(C2CCC(=O)NC2=O)c2cccc(CCCOC3CCN(CC4CCC(n5cc(NC(=O)c6cnn7ccc(N8CCOCC8)nc67)c(C(C)(C)O)n5)CC4)CC3)c21. The maximum Gasteiger partial charge on any atom is 0.329 e. The molecule has 3 aliphatic heterocycles. The number of aromatic nitrogens is 7. The fourth-order valence-electron chi connectivity index (χ4n) is 9.98. The number of morpholine rings is 1. The fourth-order valence-corrected chi connectivity index (χ4v) is 9.98. The Morgan fingerprint density at radius 3 is 2.54 bits per heavy atom. The molecule has 1 unspecified atom stereocenters. The van der Waals surface area contributed by atoms with Crippen LogP contribution in [0.5, 0.6) is 0 Å². The van der Waals surface area contributed by atoms with Gasteiger partial charge in [-0.1, -0.05) is 12.1 Å². The summed E-state index contributed by atoms with van der Waals surface area (Å²) in [5, 5.41) is 25.7. The number of anilines is 2. The minimum atomic E-state index is -1.27. The van der Waals surface area contributed by atoms with Crippen molar-refractivity contribution in [1.29, 1.82) is 0 Å². The molecule has 4 aromatic heterocycles. The topological polar surface area (TPSA) is 195 Å². The molecular formula is C45H59N11O7. The van der Waals surface area contributed by atoms with E-state index in [9.17, 15) is 24.3 Å². The molecule has 18 heteroatoms. The van der Waals surface area contributed by atoms with Crippen molar-refractivity contribution in [2.24, 2.45) is 13.0 Å². The standard InChI is InChI=1S/C45H59N11O7/c1-45(2,61)40-34(47-42(58)33-26-46-54-20-17-37(48-41(33)54)53-21-24-62-25-22-53)28-55(50-40)31-11-9-29(10-12-31)27-52-18-15-32(16-19-52)63-23-5-7-30-6-4-8-35-39(30)51(3)44(60)56(35)36-13-14-38(57)49-43(36)59/h4,6,8,17,20,26,28-29,31-32,36,61H,5,7,9-16,18-19,21-25,27H2,1-3H3,(H,47,58)(H,49,57,59). The van der Waals surface area contributed by atoms with Crippen LogP contribution in [0.2, 0.25) is 0 Å². The predicted molar refractivity (Wildman–Crippen MR) is 235 cm³/mol. The second-order valence-corrected chi connectivity index (χ2v) is 18.2. The van der Waals surface area contributed by atoms with Crippen molar-refractivity contribution < 1.29 is 29.0 Å². The first kappa shape index (κ1) is 42.9. The molecule has 1 atom stereocenters. The van der Waals surface area contributed by atoms with E-state index in [-0.39, 0.29) is 36.1 Å². The molecule has 1 aromatic carbocycles. The van der Waals surface area contributed by atoms with Crippen LogP contribution in [0.4, 0.5) is 11.5 Å². The Kier molecular flexibility index (Phi) is 12.2. The highest BCUT2D eigenvalue weighted by Gasteiger charge is 2.33. The third kappa shape index (κ3) is 9.03. The van der Waals surface area contributed by atoms with Crippen LogP contribution in [0, 0.1) is 5.92 Å². The minimum absolute atomic E-state index is 0.170. The van der Waals surface area contributed by atoms with Crippen molar-refractivity contribution in [1.82, 2.24) is 43.7 Å². The number of para-hydroxylation sites is 1. The van der Waals surface area contributed by atoms with E-state index in [2.05, 4.69) is 25.5 Å². The number of aliphatic hydroxyl groups is 1. The highest BCUT2D eigenvalue weighted by molar-refractivity contribution is 6.08. The van der Waals surface area contributed by atoms with Crippen LogP contribution in [0.1, 0.15) is 105 Å². The number of hydrogen-bond acceptors (Lipinski definition) is 12. The van der Waals surface area contributed by atoms with Crippen LogP contribution < -0.4 is 21.2 Å². The summed E-state index contributed by atoms with van der Waals surface area (Å²) in [6, 6.07) is 7.20. The third-order valence-corrected chi connectivity index (χ3v) is 13.4. The Bertz CT molecular complexity index is 2530. The average Bonchev–Trinajstić information content (AvgIpc) is 3.98. The zero-order valence-electron chi connectivity index (χ0n) is 36.5. The molecule has 0 radical (unpaired) electrons. The second-order valence-electron chi connectivity index (χ2n) is 18.2. The molecule has 1 saturated carbocycles. The number of nitrogens with one attached hydrogen (secondary N) is 2. The van der Waals surface area contributed by atoms with Gasteiger partial charge in [-0.2, -0.15) is 10.2 Å². The zero-order valence-corrected chi connectivity index (χ0v) is 36.5. The number of hydrogen-bond donors (Lipinski definition) is 3. The molecule has 1 aliphatic carbocycles. The molecule has 4 aliphatic rings. The summed E-state index contributed by atoms with van der Waals surface area (Å²) in [5.41, 5.74) is 2.76. The number of amides is 3. The van der Waals surface area contributed by atoms with Gasteiger partial charge >= 0.3 is 5.69 Å². The van der Waals surface area contributed by atoms with Gasteiger partial charge in [-0.3, -0.25) is 33.5 Å². The van der Waals surface area contributed by atoms with Crippen molar-refractivity contribution in [2.45, 2.75) is 102 Å². The summed E-state index contributed by atoms with van der Waals surface area (Å²) < 4.78 is 18.6. The van der Waals surface area contributed by atoms with Gasteiger partial charge in [0.15, 0.2) is 5.65 Å². The number of imide groups is 1. The summed E-state index contributed by atoms with van der Waals surface area (Å²) in [4.78, 5) is 60.9. The lowest BCUT2D eigenvalue weighted by molar-refractivity contribution is -0.135. The van der Waals surface area contributed by atoms with Crippen LogP contribution in [0.3, 0.4) is 0 Å². The van der Waals surface area contributed by atoms with Crippen molar-refractivity contribution >= 4 is 45.9 Å². The largest absolute Gasteiger partial charge is 0.384 e. The molecule has 336 valence electrons. The van der Waals surface area contributed by atoms with Crippen LogP contribution in [0.15, 0.2) is 47.7 Å². The number of rotatable bonds is 13. The molecule has 9 rings (SSSR count). The minimum Gasteiger partial charge on any atom is -0.384 e. The number of ether oxygens (including phenoxy) is 2. The van der Waals surface area contributed by atoms with Crippen LogP contribution in [-0.2, 0) is 38.1 Å². The number of piperidine rings is 2. The smallest absolute Gasteiger partial charge is 0.329 e. The van der Waals surface area contributed by atoms with Crippen molar-refractivity contribution in [3.63, 3.8) is 0 Å². The van der Waals surface area contributed by atoms with E-state index in [0.29, 0.717) is 60.3 Å². The van der Waals surface area contributed by atoms with Gasteiger partial charge in [0.05, 0.1) is 48.3 Å². The number of nitrogens with zero attached hydrogens (tertiary/aromatic N) is 9. The molecule has 0 bridgehead atoms. The summed E-state index contributed by atoms with van der Waals surface area (Å²) in [6.07, 6.45) is 13.6. The van der Waals surface area contributed by atoms with E-state index in [0.717, 1.165) is 101 Å². The van der Waals surface area contributed by atoms with E-state index in [1.165, 1.54) is 10.8 Å². The number of imidazole rings is 1. The normalized spacial score (nSPS) is 22.0. The second kappa shape index (κ2) is 18.0. The molecule has 63 heavy (non-hydrogen) atoms. The van der Waals surface area contributed by atoms with E-state index in [4.69, 9.17) is 19.6 Å². The first-order valence-corrected chi connectivity index (χ1v) is 22.6. The highest BCUT2D eigenvalue weighted by atomic mass is 16.5. The van der Waals surface area contributed by atoms with Gasteiger partial charge in [0, 0.05) is 65.2 Å². The molecule has 3 saturated heterocycles. The fraction of sp³-hybridized carbons (Fsp3) is 0.578. The maximum absolute atomic E-state index is 13.7. The Morgan fingerprint density at radius 2 is 1.79 bits per heavy atom. The first-order valence-electron chi connectivity index (χ1n) is 22.6. The van der Waals surface area contributed by atoms with Gasteiger partial charge in [0.2, 0.25) is 11.8 Å². The Balaban J connectivity index is 0.739. The number of benzene rings is 1. The lowest BCUT2D eigenvalue weighted by atomic mass is 9.85. The van der Waals surface area contributed by atoms with Gasteiger partial charge in [-0.15, -0.1) is 0 Å². The maximum atomic E-state index is 13.7. The number of fused-ring (bicyclic) bond motifs is 2. The molecule has 5 aromatic rings. The lowest BCUT2D eigenvalue weighted by Crippen LogP contribution is -2.44. The van der Waals surface area contributed by atoms with Crippen LogP contribution in [0.25, 0.3) is 16.7 Å². The molecule has 18 nitrogen and oxygen atoms in total. The molecule has 7 heterocycles. The molecule has 3 N–H and O–H groups in total. The number of carbonyl (C=O) groups is 3. The zero-order chi connectivity index (χ0) is 43.8. The molecule has 0 spiro atoms. The Hall–Kier alpha value is -5.43. The Morgan fingerprint density at radius 1 is 1.02 bits per heavy atom. The molecule has 3 amide bonds. The first-order chi connectivity index (χ1) is 30.4. The van der Waals surface area contributed by atoms with Crippen LogP contribution >= 0.6 is 0 Å². The summed E-state index contributed by atoms with van der Waals surface area (Å²) in [7, 11) is 1.74. The van der Waals surface area contributed by atoms with E-state index in [1.807, 2.05) is 41.3 Å². The highest BCUT2D eigenvalue weighted by Crippen LogP contribution is 2.36. The predicted octanol–water partition coefficient (Wildman–Crippen LogP) is 3.72. The van der Waals surface area contributed by atoms with Crippen molar-refractivity contribution in [3.05, 3.63) is 70.2 Å². The average molecular weight is 866 g/mol. The van der Waals surface area contributed by atoms with Gasteiger partial charge in [0.1, 0.15) is 28.7 Å². The van der Waals surface area contributed by atoms with E-state index >= 15 is 0 Å². The number of aryl methyl sites for hydroxylation is 2. The summed E-state index contributed by atoms with van der Waals surface area (Å²) in [6.45, 7) is 9.81. The van der Waals surface area contributed by atoms with Gasteiger partial charge < -0.3 is 29.7 Å². The lowest BCUT2D eigenvalue weighted by Gasteiger charge is -2.36. The van der Waals surface area contributed by atoms with Crippen molar-refractivity contribution in [3.8, 4) is 0 Å². The van der Waals surface area contributed by atoms with Crippen molar-refractivity contribution in [2.75, 3.05) is 62.8 Å². The summed E-state index contributed by atoms with van der Waals surface area (Å²) >= 11 is 0. The number of carbonyl (C=O) groups excluding carboxylic acids is 3.